The Balaban J connectivity index is 1.69. The summed E-state index contributed by atoms with van der Waals surface area (Å²) >= 11 is 7.76. The number of aromatic nitrogens is 3. The lowest BCUT2D eigenvalue weighted by Gasteiger charge is -2.19. The summed E-state index contributed by atoms with van der Waals surface area (Å²) in [6, 6.07) is 5.36. The fourth-order valence-electron chi connectivity index (χ4n) is 3.81. The number of unbranched alkanes of at least 4 members (excludes halogenated alkanes) is 1. The molecule has 33 heavy (non-hydrogen) atoms. The number of ether oxygens (including phenoxy) is 2. The minimum absolute atomic E-state index is 0.278. The van der Waals surface area contributed by atoms with Crippen LogP contribution in [0, 0.1) is 0 Å². The maximum Gasteiger partial charge on any atom is 0.261 e. The smallest absolute Gasteiger partial charge is 0.261 e. The van der Waals surface area contributed by atoms with Crippen molar-refractivity contribution in [3.05, 3.63) is 40.0 Å². The summed E-state index contributed by atoms with van der Waals surface area (Å²) in [7, 11) is 1.60. The minimum atomic E-state index is -0.320. The van der Waals surface area contributed by atoms with Crippen molar-refractivity contribution in [2.75, 3.05) is 31.4 Å². The van der Waals surface area contributed by atoms with E-state index in [4.69, 9.17) is 31.8 Å². The number of rotatable bonds is 8. The van der Waals surface area contributed by atoms with E-state index < -0.39 is 0 Å². The van der Waals surface area contributed by atoms with Gasteiger partial charge in [0.05, 0.1) is 18.3 Å². The molecular formula is C23H28ClN5O3S. The molecule has 4 rings (SSSR count). The number of carbonyl (C=O) groups is 1. The van der Waals surface area contributed by atoms with Gasteiger partial charge < -0.3 is 20.5 Å². The van der Waals surface area contributed by atoms with Crippen LogP contribution in [0.15, 0.2) is 24.4 Å². The highest BCUT2D eigenvalue weighted by Crippen LogP contribution is 2.43. The SMILES string of the molecule is CCCCn1ncc(C(=O)Nc2sc(C3CCOCC3)nc2-c2cc(Cl)ccc2OC)c1N. The second-order valence-corrected chi connectivity index (χ2v) is 9.40. The average molecular weight is 490 g/mol. The van der Waals surface area contributed by atoms with Crippen LogP contribution in [0.4, 0.5) is 10.8 Å². The van der Waals surface area contributed by atoms with Gasteiger partial charge in [-0.15, -0.1) is 11.3 Å². The molecule has 0 bridgehead atoms. The molecule has 10 heteroatoms. The van der Waals surface area contributed by atoms with Gasteiger partial charge in [-0.25, -0.2) is 9.67 Å². The number of hydrogen-bond donors (Lipinski definition) is 2. The van der Waals surface area contributed by atoms with Crippen LogP contribution in [-0.4, -0.2) is 41.0 Å². The van der Waals surface area contributed by atoms with Crippen molar-refractivity contribution in [3.8, 4) is 17.0 Å². The van der Waals surface area contributed by atoms with Crippen molar-refractivity contribution in [1.82, 2.24) is 14.8 Å². The van der Waals surface area contributed by atoms with Crippen LogP contribution >= 0.6 is 22.9 Å². The van der Waals surface area contributed by atoms with Crippen LogP contribution in [0.5, 0.6) is 5.75 Å². The van der Waals surface area contributed by atoms with Gasteiger partial charge in [0, 0.05) is 36.3 Å². The molecule has 1 aromatic carbocycles. The highest BCUT2D eigenvalue weighted by molar-refractivity contribution is 7.16. The van der Waals surface area contributed by atoms with E-state index in [1.165, 1.54) is 17.5 Å². The Kier molecular flexibility index (Phi) is 7.52. The molecule has 0 saturated carbocycles. The number of thiazole rings is 1. The molecule has 0 radical (unpaired) electrons. The zero-order chi connectivity index (χ0) is 23.4. The van der Waals surface area contributed by atoms with Crippen molar-refractivity contribution in [2.45, 2.75) is 45.1 Å². The molecule has 1 aliphatic heterocycles. The van der Waals surface area contributed by atoms with E-state index in [2.05, 4.69) is 17.3 Å². The first-order chi connectivity index (χ1) is 16.0. The number of amides is 1. The largest absolute Gasteiger partial charge is 0.496 e. The van der Waals surface area contributed by atoms with Crippen molar-refractivity contribution < 1.29 is 14.3 Å². The standard InChI is InChI=1S/C23H28ClN5O3S/c1-3-4-9-29-20(25)17(13-26-29)21(30)28-23-19(16-12-15(24)5-6-18(16)31-2)27-22(33-23)14-7-10-32-11-8-14/h5-6,12-14H,3-4,7-11,25H2,1-2H3,(H,28,30). The third kappa shape index (κ3) is 5.15. The Morgan fingerprint density at radius 1 is 1.39 bits per heavy atom. The van der Waals surface area contributed by atoms with E-state index in [9.17, 15) is 4.79 Å². The Morgan fingerprint density at radius 3 is 2.91 bits per heavy atom. The van der Waals surface area contributed by atoms with Crippen molar-refractivity contribution in [2.24, 2.45) is 0 Å². The van der Waals surface area contributed by atoms with E-state index in [1.54, 1.807) is 30.0 Å². The molecule has 0 spiro atoms. The van der Waals surface area contributed by atoms with Gasteiger partial charge in [0.2, 0.25) is 0 Å². The number of aryl methyl sites for hydroxylation is 1. The zero-order valence-electron chi connectivity index (χ0n) is 18.8. The van der Waals surface area contributed by atoms with E-state index >= 15 is 0 Å². The summed E-state index contributed by atoms with van der Waals surface area (Å²) < 4.78 is 12.7. The second kappa shape index (κ2) is 10.5. The molecule has 2 aromatic heterocycles. The summed E-state index contributed by atoms with van der Waals surface area (Å²) in [5, 5.41) is 9.44. The monoisotopic (exact) mass is 489 g/mol. The third-order valence-corrected chi connectivity index (χ3v) is 7.07. The van der Waals surface area contributed by atoms with Gasteiger partial charge >= 0.3 is 0 Å². The Bertz CT molecular complexity index is 1120. The number of anilines is 2. The van der Waals surface area contributed by atoms with Gasteiger partial charge in [-0.3, -0.25) is 4.79 Å². The Labute approximate surface area is 202 Å². The second-order valence-electron chi connectivity index (χ2n) is 7.94. The van der Waals surface area contributed by atoms with Crippen LogP contribution in [-0.2, 0) is 11.3 Å². The van der Waals surface area contributed by atoms with Crippen LogP contribution in [0.1, 0.15) is 53.9 Å². The van der Waals surface area contributed by atoms with Gasteiger partial charge in [0.1, 0.15) is 27.8 Å². The lowest BCUT2D eigenvalue weighted by atomic mass is 10.0. The predicted octanol–water partition coefficient (Wildman–Crippen LogP) is 5.20. The van der Waals surface area contributed by atoms with Crippen LogP contribution < -0.4 is 15.8 Å². The van der Waals surface area contributed by atoms with Gasteiger partial charge in [-0.1, -0.05) is 24.9 Å². The van der Waals surface area contributed by atoms with Crippen LogP contribution in [0.25, 0.3) is 11.3 Å². The molecule has 1 aliphatic rings. The lowest BCUT2D eigenvalue weighted by molar-refractivity contribution is 0.0853. The van der Waals surface area contributed by atoms with E-state index in [0.29, 0.717) is 52.6 Å². The minimum Gasteiger partial charge on any atom is -0.496 e. The topological polar surface area (TPSA) is 104 Å². The van der Waals surface area contributed by atoms with E-state index in [1.807, 2.05) is 0 Å². The van der Waals surface area contributed by atoms with Gasteiger partial charge in [-0.2, -0.15) is 5.10 Å². The van der Waals surface area contributed by atoms with Gasteiger partial charge in [-0.05, 0) is 37.5 Å². The number of halogens is 1. The molecule has 3 N–H and O–H groups in total. The molecule has 3 aromatic rings. The number of nitrogen functional groups attached to an aromatic ring is 1. The van der Waals surface area contributed by atoms with Crippen molar-refractivity contribution >= 4 is 39.7 Å². The Hall–Kier alpha value is -2.62. The van der Waals surface area contributed by atoms with Gasteiger partial charge in [0.15, 0.2) is 0 Å². The molecule has 8 nitrogen and oxygen atoms in total. The van der Waals surface area contributed by atoms with Gasteiger partial charge in [0.25, 0.3) is 5.91 Å². The first-order valence-corrected chi connectivity index (χ1v) is 12.3. The first kappa shape index (κ1) is 23.5. The fourth-order valence-corrected chi connectivity index (χ4v) is 5.13. The number of methoxy groups -OCH3 is 1. The number of nitrogens with zero attached hydrogens (tertiary/aromatic N) is 3. The summed E-state index contributed by atoms with van der Waals surface area (Å²) in [5.41, 5.74) is 7.91. The molecule has 3 heterocycles. The molecule has 176 valence electrons. The van der Waals surface area contributed by atoms with E-state index in [-0.39, 0.29) is 11.8 Å². The normalized spacial score (nSPS) is 14.4. The Morgan fingerprint density at radius 2 is 2.18 bits per heavy atom. The lowest BCUT2D eigenvalue weighted by Crippen LogP contribution is -2.14. The van der Waals surface area contributed by atoms with Crippen LogP contribution in [0.3, 0.4) is 0 Å². The highest BCUT2D eigenvalue weighted by atomic mass is 35.5. The summed E-state index contributed by atoms with van der Waals surface area (Å²) in [6.07, 6.45) is 5.26. The molecule has 0 aliphatic carbocycles. The summed E-state index contributed by atoms with van der Waals surface area (Å²) in [6.45, 7) is 4.18. The summed E-state index contributed by atoms with van der Waals surface area (Å²) in [5.74, 6) is 0.947. The maximum atomic E-state index is 13.2. The molecule has 0 unspecified atom stereocenters. The zero-order valence-corrected chi connectivity index (χ0v) is 20.3. The highest BCUT2D eigenvalue weighted by Gasteiger charge is 2.26. The molecule has 1 amide bonds. The fraction of sp³-hybridized carbons (Fsp3) is 0.435. The van der Waals surface area contributed by atoms with E-state index in [0.717, 1.165) is 36.3 Å². The molecule has 1 fully saturated rings. The maximum absolute atomic E-state index is 13.2. The van der Waals surface area contributed by atoms with Crippen molar-refractivity contribution in [1.29, 1.82) is 0 Å². The number of hydrogen-bond acceptors (Lipinski definition) is 7. The molecular weight excluding hydrogens is 462 g/mol. The summed E-state index contributed by atoms with van der Waals surface area (Å²) in [4.78, 5) is 18.1. The number of carbonyl (C=O) groups excluding carboxylic acids is 1. The number of nitrogens with two attached hydrogens (primary N) is 1. The predicted molar refractivity (Wildman–Crippen MR) is 131 cm³/mol. The number of benzene rings is 1. The average Bonchev–Trinajstić information content (AvgIpc) is 3.41. The van der Waals surface area contributed by atoms with Crippen LogP contribution in [0.2, 0.25) is 5.02 Å². The third-order valence-electron chi connectivity index (χ3n) is 5.71. The molecule has 0 atom stereocenters. The van der Waals surface area contributed by atoms with Crippen molar-refractivity contribution in [3.63, 3.8) is 0 Å². The molecule has 1 saturated heterocycles. The number of nitrogens with one attached hydrogen (secondary N) is 1. The first-order valence-electron chi connectivity index (χ1n) is 11.1. The quantitative estimate of drug-likeness (QED) is 0.450.